The lowest BCUT2D eigenvalue weighted by Crippen LogP contribution is -2.29. The van der Waals surface area contributed by atoms with Gasteiger partial charge in [-0.25, -0.2) is 0 Å². The van der Waals surface area contributed by atoms with E-state index in [1.165, 1.54) is 0 Å². The Hall–Kier alpha value is -1.39. The average molecular weight is 250 g/mol. The molecular weight excluding hydrogens is 228 g/mol. The lowest BCUT2D eigenvalue weighted by atomic mass is 10.1. The molecule has 0 fully saturated rings. The van der Waals surface area contributed by atoms with Crippen molar-refractivity contribution in [1.29, 1.82) is 0 Å². The lowest BCUT2D eigenvalue weighted by molar-refractivity contribution is -0.118. The van der Waals surface area contributed by atoms with Crippen LogP contribution in [0.5, 0.6) is 0 Å². The first-order valence-electron chi connectivity index (χ1n) is 6.25. The van der Waals surface area contributed by atoms with Gasteiger partial charge in [-0.05, 0) is 38.0 Å². The Kier molecular flexibility index (Phi) is 5.82. The first kappa shape index (κ1) is 14.7. The van der Waals surface area contributed by atoms with Crippen LogP contribution in [-0.2, 0) is 9.53 Å². The van der Waals surface area contributed by atoms with Crippen LogP contribution in [0.3, 0.4) is 0 Å². The van der Waals surface area contributed by atoms with Crippen LogP contribution >= 0.6 is 0 Å². The Morgan fingerprint density at radius 1 is 1.44 bits per heavy atom. The summed E-state index contributed by atoms with van der Waals surface area (Å²) in [5.74, 6) is -0.0624. The molecule has 18 heavy (non-hydrogen) atoms. The smallest absolute Gasteiger partial charge is 0.227 e. The van der Waals surface area contributed by atoms with Crippen molar-refractivity contribution < 1.29 is 9.53 Å². The van der Waals surface area contributed by atoms with Gasteiger partial charge >= 0.3 is 0 Å². The summed E-state index contributed by atoms with van der Waals surface area (Å²) in [4.78, 5) is 11.9. The number of amides is 1. The molecule has 4 heteroatoms. The molecule has 0 spiro atoms. The van der Waals surface area contributed by atoms with E-state index in [1.807, 2.05) is 39.0 Å². The summed E-state index contributed by atoms with van der Waals surface area (Å²) in [6.45, 7) is 6.79. The Labute approximate surface area is 109 Å². The van der Waals surface area contributed by atoms with Crippen molar-refractivity contribution in [2.45, 2.75) is 33.3 Å². The van der Waals surface area contributed by atoms with Crippen molar-refractivity contribution in [1.82, 2.24) is 0 Å². The second kappa shape index (κ2) is 7.13. The van der Waals surface area contributed by atoms with Crippen LogP contribution in [0.2, 0.25) is 0 Å². The fourth-order valence-electron chi connectivity index (χ4n) is 1.72. The highest BCUT2D eigenvalue weighted by Gasteiger charge is 2.13. The van der Waals surface area contributed by atoms with E-state index >= 15 is 0 Å². The first-order chi connectivity index (χ1) is 8.56. The molecule has 4 nitrogen and oxygen atoms in total. The highest BCUT2D eigenvalue weighted by atomic mass is 16.5. The summed E-state index contributed by atoms with van der Waals surface area (Å²) in [7, 11) is 0. The monoisotopic (exact) mass is 250 g/mol. The molecule has 1 atom stereocenters. The molecule has 0 saturated carbocycles. The molecule has 1 aromatic rings. The molecule has 0 aliphatic carbocycles. The van der Waals surface area contributed by atoms with Crippen LogP contribution in [0, 0.1) is 13.8 Å². The third-order valence-corrected chi connectivity index (χ3v) is 2.75. The van der Waals surface area contributed by atoms with Crippen LogP contribution < -0.4 is 11.1 Å². The highest BCUT2D eigenvalue weighted by molar-refractivity contribution is 5.91. The molecule has 0 saturated heterocycles. The van der Waals surface area contributed by atoms with E-state index in [2.05, 4.69) is 5.32 Å². The number of rotatable bonds is 6. The first-order valence-corrected chi connectivity index (χ1v) is 6.25. The van der Waals surface area contributed by atoms with Crippen molar-refractivity contribution in [3.05, 3.63) is 29.3 Å². The number of nitrogens with one attached hydrogen (secondary N) is 1. The van der Waals surface area contributed by atoms with Crippen LogP contribution in [0.25, 0.3) is 0 Å². The van der Waals surface area contributed by atoms with Crippen LogP contribution in [0.15, 0.2) is 18.2 Å². The third-order valence-electron chi connectivity index (χ3n) is 2.75. The van der Waals surface area contributed by atoms with Crippen molar-refractivity contribution in [3.8, 4) is 0 Å². The zero-order valence-electron chi connectivity index (χ0n) is 11.3. The van der Waals surface area contributed by atoms with Gasteiger partial charge in [0.2, 0.25) is 5.91 Å². The van der Waals surface area contributed by atoms with E-state index in [9.17, 15) is 4.79 Å². The van der Waals surface area contributed by atoms with Gasteiger partial charge in [0.15, 0.2) is 0 Å². The number of carbonyl (C=O) groups excluding carboxylic acids is 1. The van der Waals surface area contributed by atoms with Gasteiger partial charge in [-0.15, -0.1) is 0 Å². The van der Waals surface area contributed by atoms with Crippen molar-refractivity contribution in [2.75, 3.05) is 18.5 Å². The number of ether oxygens (including phenoxy) is 1. The third kappa shape index (κ3) is 4.47. The summed E-state index contributed by atoms with van der Waals surface area (Å²) in [5, 5.41) is 2.90. The van der Waals surface area contributed by atoms with Gasteiger partial charge in [0, 0.05) is 18.8 Å². The number of anilines is 1. The Morgan fingerprint density at radius 2 is 2.17 bits per heavy atom. The van der Waals surface area contributed by atoms with Gasteiger partial charge < -0.3 is 15.8 Å². The number of hydrogen-bond donors (Lipinski definition) is 2. The van der Waals surface area contributed by atoms with Crippen molar-refractivity contribution >= 4 is 11.6 Å². The minimum atomic E-state index is -0.208. The molecule has 0 radical (unpaired) electrons. The van der Waals surface area contributed by atoms with Gasteiger partial charge in [0.1, 0.15) is 0 Å². The molecular formula is C14H22N2O2. The number of carbonyl (C=O) groups is 1. The molecule has 0 bridgehead atoms. The molecule has 1 rings (SSSR count). The minimum Gasteiger partial charge on any atom is -0.377 e. The van der Waals surface area contributed by atoms with E-state index in [0.717, 1.165) is 16.8 Å². The van der Waals surface area contributed by atoms with Gasteiger partial charge in [-0.1, -0.05) is 12.1 Å². The van der Waals surface area contributed by atoms with E-state index < -0.39 is 0 Å². The molecule has 100 valence electrons. The predicted octanol–water partition coefficient (Wildman–Crippen LogP) is 2.00. The van der Waals surface area contributed by atoms with Gasteiger partial charge in [-0.2, -0.15) is 0 Å². The predicted molar refractivity (Wildman–Crippen MR) is 73.6 cm³/mol. The van der Waals surface area contributed by atoms with Gasteiger partial charge in [0.25, 0.3) is 0 Å². The molecule has 0 aliphatic heterocycles. The number of aryl methyl sites for hydroxylation is 2. The highest BCUT2D eigenvalue weighted by Crippen LogP contribution is 2.16. The van der Waals surface area contributed by atoms with E-state index in [0.29, 0.717) is 13.2 Å². The molecule has 1 unspecified atom stereocenters. The number of nitrogens with two attached hydrogens (primary N) is 1. The summed E-state index contributed by atoms with van der Waals surface area (Å²) < 4.78 is 5.37. The summed E-state index contributed by atoms with van der Waals surface area (Å²) in [6.07, 6.45) is 0.0812. The minimum absolute atomic E-state index is 0.0624. The molecule has 3 N–H and O–H groups in total. The zero-order chi connectivity index (χ0) is 13.5. The zero-order valence-corrected chi connectivity index (χ0v) is 11.3. The summed E-state index contributed by atoms with van der Waals surface area (Å²) in [6, 6.07) is 5.98. The summed E-state index contributed by atoms with van der Waals surface area (Å²) in [5.41, 5.74) is 8.58. The van der Waals surface area contributed by atoms with Crippen LogP contribution in [0.1, 0.15) is 24.5 Å². The van der Waals surface area contributed by atoms with Gasteiger partial charge in [0.05, 0.1) is 12.5 Å². The maximum Gasteiger partial charge on any atom is 0.227 e. The van der Waals surface area contributed by atoms with Gasteiger partial charge in [-0.3, -0.25) is 4.79 Å². The van der Waals surface area contributed by atoms with E-state index in [4.69, 9.17) is 10.5 Å². The molecule has 1 aromatic carbocycles. The number of hydrogen-bond acceptors (Lipinski definition) is 3. The Balaban J connectivity index is 2.61. The Morgan fingerprint density at radius 3 is 2.78 bits per heavy atom. The van der Waals surface area contributed by atoms with Crippen LogP contribution in [-0.4, -0.2) is 25.2 Å². The second-order valence-corrected chi connectivity index (χ2v) is 4.38. The fourth-order valence-corrected chi connectivity index (χ4v) is 1.72. The molecule has 0 aromatic heterocycles. The van der Waals surface area contributed by atoms with E-state index in [-0.39, 0.29) is 18.4 Å². The molecule has 0 aliphatic rings. The maximum absolute atomic E-state index is 11.9. The Bertz CT molecular complexity index is 405. The SMILES string of the molecule is CCOC(CN)CC(=O)Nc1cc(C)ccc1C. The average Bonchev–Trinajstić information content (AvgIpc) is 2.33. The quantitative estimate of drug-likeness (QED) is 0.811. The van der Waals surface area contributed by atoms with Crippen molar-refractivity contribution in [2.24, 2.45) is 5.73 Å². The van der Waals surface area contributed by atoms with Crippen molar-refractivity contribution in [3.63, 3.8) is 0 Å². The fraction of sp³-hybridized carbons (Fsp3) is 0.500. The lowest BCUT2D eigenvalue weighted by Gasteiger charge is -2.15. The molecule has 1 amide bonds. The largest absolute Gasteiger partial charge is 0.377 e. The standard InChI is InChI=1S/C14H22N2O2/c1-4-18-12(9-15)8-14(17)16-13-7-10(2)5-6-11(13)3/h5-7,12H,4,8-9,15H2,1-3H3,(H,16,17). The number of benzene rings is 1. The maximum atomic E-state index is 11.9. The normalized spacial score (nSPS) is 12.2. The topological polar surface area (TPSA) is 64.3 Å². The second-order valence-electron chi connectivity index (χ2n) is 4.38. The van der Waals surface area contributed by atoms with E-state index in [1.54, 1.807) is 0 Å². The van der Waals surface area contributed by atoms with Crippen LogP contribution in [0.4, 0.5) is 5.69 Å². The summed E-state index contributed by atoms with van der Waals surface area (Å²) >= 11 is 0. The molecule has 0 heterocycles.